The van der Waals surface area contributed by atoms with Crippen LogP contribution in [0.25, 0.3) is 0 Å². The largest absolute Gasteiger partial charge is 0.390 e. The molecule has 2 amide bonds. The second-order valence-electron chi connectivity index (χ2n) is 12.6. The molecule has 1 aromatic carbocycles. The van der Waals surface area contributed by atoms with Gasteiger partial charge in [-0.25, -0.2) is 0 Å². The Kier molecular flexibility index (Phi) is 9.49. The van der Waals surface area contributed by atoms with E-state index in [1.165, 1.54) is 23.2 Å². The topological polar surface area (TPSA) is 90.7 Å². The van der Waals surface area contributed by atoms with Gasteiger partial charge in [0.15, 0.2) is 0 Å². The van der Waals surface area contributed by atoms with E-state index in [-0.39, 0.29) is 17.7 Å². The number of hydrogen-bond acceptors (Lipinski definition) is 5. The zero-order valence-corrected chi connectivity index (χ0v) is 25.3. The fourth-order valence-electron chi connectivity index (χ4n) is 7.32. The van der Waals surface area contributed by atoms with Gasteiger partial charge in [-0.15, -0.1) is 0 Å². The number of aliphatic hydroxyl groups excluding tert-OH is 1. The molecule has 1 aromatic heterocycles. The van der Waals surface area contributed by atoms with Crippen LogP contribution in [-0.4, -0.2) is 73.8 Å². The standard InChI is InChI=1S/C33H49N5O3/c1-4-5-19-37-31(40)29(30(39)27-14-10-7-11-15-27)34-32(41)33(37)17-21-36(22-18-33)23-28-24(2)35-38(25(28)3)20-16-26-12-8-6-9-13-26/h6,8-9,12-13,27,29-30,39H,4-5,7,10-11,14-23H2,1-3H3,(H,34,41)/t29-,30-/m1/s1. The van der Waals surface area contributed by atoms with Crippen molar-refractivity contribution in [2.24, 2.45) is 5.92 Å². The smallest absolute Gasteiger partial charge is 0.248 e. The number of aryl methyl sites for hydroxylation is 3. The number of piperazine rings is 1. The minimum atomic E-state index is -0.824. The van der Waals surface area contributed by atoms with Crippen molar-refractivity contribution < 1.29 is 14.7 Å². The van der Waals surface area contributed by atoms with Gasteiger partial charge < -0.3 is 15.3 Å². The first-order valence-electron chi connectivity index (χ1n) is 15.9. The van der Waals surface area contributed by atoms with E-state index < -0.39 is 17.7 Å². The summed E-state index contributed by atoms with van der Waals surface area (Å²) in [6.45, 7) is 10.1. The Hall–Kier alpha value is -2.71. The molecule has 3 heterocycles. The molecule has 8 heteroatoms. The molecular weight excluding hydrogens is 514 g/mol. The van der Waals surface area contributed by atoms with Crippen molar-refractivity contribution in [1.29, 1.82) is 0 Å². The normalized spacial score (nSPS) is 22.7. The number of aliphatic hydroxyl groups is 1. The number of rotatable bonds is 10. The molecule has 224 valence electrons. The number of carbonyl (C=O) groups is 2. The van der Waals surface area contributed by atoms with Gasteiger partial charge in [0.1, 0.15) is 11.6 Å². The van der Waals surface area contributed by atoms with Gasteiger partial charge in [-0.2, -0.15) is 5.10 Å². The van der Waals surface area contributed by atoms with Crippen LogP contribution in [0.1, 0.15) is 87.2 Å². The number of hydrogen-bond donors (Lipinski definition) is 2. The van der Waals surface area contributed by atoms with E-state index in [0.717, 1.165) is 76.8 Å². The number of piperidine rings is 1. The summed E-state index contributed by atoms with van der Waals surface area (Å²) in [4.78, 5) is 32.0. The minimum absolute atomic E-state index is 0.0752. The quantitative estimate of drug-likeness (QED) is 0.453. The van der Waals surface area contributed by atoms with Gasteiger partial charge in [0.05, 0.1) is 11.8 Å². The van der Waals surface area contributed by atoms with Crippen molar-refractivity contribution in [3.05, 3.63) is 52.8 Å². The Balaban J connectivity index is 1.25. The van der Waals surface area contributed by atoms with Crippen molar-refractivity contribution in [2.75, 3.05) is 19.6 Å². The van der Waals surface area contributed by atoms with E-state index in [1.807, 2.05) is 11.0 Å². The summed E-state index contributed by atoms with van der Waals surface area (Å²) in [5, 5.41) is 19.1. The minimum Gasteiger partial charge on any atom is -0.390 e. The molecule has 3 fully saturated rings. The second-order valence-corrected chi connectivity index (χ2v) is 12.6. The predicted molar refractivity (Wildman–Crippen MR) is 160 cm³/mol. The van der Waals surface area contributed by atoms with Gasteiger partial charge in [-0.3, -0.25) is 19.2 Å². The highest BCUT2D eigenvalue weighted by Gasteiger charge is 2.55. The lowest BCUT2D eigenvalue weighted by Crippen LogP contribution is -2.75. The van der Waals surface area contributed by atoms with Crippen LogP contribution in [0, 0.1) is 19.8 Å². The van der Waals surface area contributed by atoms with Crippen molar-refractivity contribution >= 4 is 11.8 Å². The molecule has 8 nitrogen and oxygen atoms in total. The van der Waals surface area contributed by atoms with Crippen molar-refractivity contribution in [3.63, 3.8) is 0 Å². The SMILES string of the molecule is CCCCN1C(=O)[C@@H]([C@H](O)C2CCCCC2)NC(=O)C12CCN(Cc1c(C)nn(CCc3ccccc3)c1C)CC2. The van der Waals surface area contributed by atoms with Crippen LogP contribution < -0.4 is 5.32 Å². The first-order valence-corrected chi connectivity index (χ1v) is 15.9. The third-order valence-electron chi connectivity index (χ3n) is 10.0. The molecule has 3 aliphatic rings. The maximum Gasteiger partial charge on any atom is 0.248 e. The van der Waals surface area contributed by atoms with E-state index in [1.54, 1.807) is 0 Å². The summed E-state index contributed by atoms with van der Waals surface area (Å²) >= 11 is 0. The summed E-state index contributed by atoms with van der Waals surface area (Å²) in [7, 11) is 0. The van der Waals surface area contributed by atoms with E-state index in [9.17, 15) is 14.7 Å². The summed E-state index contributed by atoms with van der Waals surface area (Å²) in [6, 6.07) is 9.69. The summed E-state index contributed by atoms with van der Waals surface area (Å²) in [6.07, 6.45) is 8.38. The van der Waals surface area contributed by atoms with Gasteiger partial charge in [-0.05, 0) is 63.9 Å². The molecule has 0 unspecified atom stereocenters. The monoisotopic (exact) mass is 563 g/mol. The highest BCUT2D eigenvalue weighted by atomic mass is 16.3. The van der Waals surface area contributed by atoms with E-state index in [0.29, 0.717) is 19.4 Å². The van der Waals surface area contributed by atoms with Crippen molar-refractivity contribution in [3.8, 4) is 0 Å². The lowest BCUT2D eigenvalue weighted by atomic mass is 9.78. The average molecular weight is 564 g/mol. The van der Waals surface area contributed by atoms with Crippen LogP contribution in [-0.2, 0) is 29.1 Å². The number of nitrogens with one attached hydrogen (secondary N) is 1. The first kappa shape index (κ1) is 29.8. The molecule has 2 aliphatic heterocycles. The van der Waals surface area contributed by atoms with Crippen molar-refractivity contribution in [1.82, 2.24) is 24.9 Å². The maximum atomic E-state index is 13.9. The molecule has 1 aliphatic carbocycles. The highest BCUT2D eigenvalue weighted by molar-refractivity contribution is 6.00. The fourth-order valence-corrected chi connectivity index (χ4v) is 7.32. The van der Waals surface area contributed by atoms with Crippen LogP contribution in [0.4, 0.5) is 0 Å². The van der Waals surface area contributed by atoms with Crippen LogP contribution in [0.15, 0.2) is 30.3 Å². The Morgan fingerprint density at radius 2 is 1.76 bits per heavy atom. The van der Waals surface area contributed by atoms with Crippen LogP contribution >= 0.6 is 0 Å². The van der Waals surface area contributed by atoms with E-state index in [4.69, 9.17) is 5.10 Å². The fraction of sp³-hybridized carbons (Fsp3) is 0.667. The van der Waals surface area contributed by atoms with E-state index in [2.05, 4.69) is 59.9 Å². The Morgan fingerprint density at radius 1 is 1.05 bits per heavy atom. The molecule has 0 radical (unpaired) electrons. The molecule has 2 saturated heterocycles. The molecule has 0 bridgehead atoms. The van der Waals surface area contributed by atoms with E-state index >= 15 is 0 Å². The third kappa shape index (κ3) is 6.24. The number of carbonyl (C=O) groups excluding carboxylic acids is 2. The van der Waals surface area contributed by atoms with Gasteiger partial charge in [0, 0.05) is 44.0 Å². The van der Waals surface area contributed by atoms with Crippen LogP contribution in [0.5, 0.6) is 0 Å². The molecule has 1 spiro atoms. The zero-order chi connectivity index (χ0) is 29.0. The number of nitrogens with zero attached hydrogens (tertiary/aromatic N) is 4. The lowest BCUT2D eigenvalue weighted by molar-refractivity contribution is -0.166. The van der Waals surface area contributed by atoms with Gasteiger partial charge in [-0.1, -0.05) is 62.9 Å². The molecule has 2 atom stereocenters. The molecule has 5 rings (SSSR count). The number of amides is 2. The van der Waals surface area contributed by atoms with Crippen molar-refractivity contribution in [2.45, 2.75) is 116 Å². The molecule has 2 N–H and O–H groups in total. The Morgan fingerprint density at radius 3 is 2.44 bits per heavy atom. The third-order valence-corrected chi connectivity index (χ3v) is 10.0. The maximum absolute atomic E-state index is 13.9. The van der Waals surface area contributed by atoms with Crippen LogP contribution in [0.3, 0.4) is 0 Å². The summed E-state index contributed by atoms with van der Waals surface area (Å²) < 4.78 is 2.13. The highest BCUT2D eigenvalue weighted by Crippen LogP contribution is 2.36. The van der Waals surface area contributed by atoms with Gasteiger partial charge >= 0.3 is 0 Å². The number of unbranched alkanes of at least 4 members (excludes halogenated alkanes) is 1. The Bertz CT molecular complexity index is 1180. The van der Waals surface area contributed by atoms with Gasteiger partial charge in [0.2, 0.25) is 11.8 Å². The first-order chi connectivity index (χ1) is 19.8. The summed E-state index contributed by atoms with van der Waals surface area (Å²) in [5.41, 5.74) is 4.01. The number of aromatic nitrogens is 2. The predicted octanol–water partition coefficient (Wildman–Crippen LogP) is 4.15. The zero-order valence-electron chi connectivity index (χ0n) is 25.3. The Labute approximate surface area is 245 Å². The number of benzene rings is 1. The molecule has 1 saturated carbocycles. The second kappa shape index (κ2) is 13.1. The molecule has 41 heavy (non-hydrogen) atoms. The summed E-state index contributed by atoms with van der Waals surface area (Å²) in [5.74, 6) is -0.0771. The molecular formula is C33H49N5O3. The van der Waals surface area contributed by atoms with Gasteiger partial charge in [0.25, 0.3) is 0 Å². The number of likely N-dealkylation sites (tertiary alicyclic amines) is 1. The average Bonchev–Trinajstić information content (AvgIpc) is 3.27. The lowest BCUT2D eigenvalue weighted by Gasteiger charge is -2.52. The molecule has 2 aromatic rings. The van der Waals surface area contributed by atoms with Crippen LogP contribution in [0.2, 0.25) is 0 Å².